The van der Waals surface area contributed by atoms with E-state index in [1.807, 2.05) is 6.20 Å². The van der Waals surface area contributed by atoms with E-state index in [1.165, 1.54) is 49.7 Å². The molecule has 0 atom stereocenters. The van der Waals surface area contributed by atoms with Crippen LogP contribution in [0.3, 0.4) is 0 Å². The molecule has 2 aromatic heterocycles. The largest absolute Gasteiger partial charge is 0.455 e. The van der Waals surface area contributed by atoms with Crippen molar-refractivity contribution >= 4 is 21.9 Å². The minimum atomic E-state index is -0.0259. The number of hydrogen-bond acceptors (Lipinski definition) is 2. The van der Waals surface area contributed by atoms with Gasteiger partial charge < -0.3 is 4.42 Å². The van der Waals surface area contributed by atoms with Gasteiger partial charge in [0.1, 0.15) is 11.2 Å². The summed E-state index contributed by atoms with van der Waals surface area (Å²) in [5, 5.41) is 2.39. The zero-order valence-corrected chi connectivity index (χ0v) is 20.2. The van der Waals surface area contributed by atoms with Gasteiger partial charge in [0.25, 0.3) is 0 Å². The molecule has 0 bridgehead atoms. The quantitative estimate of drug-likeness (QED) is 0.279. The molecule has 164 valence electrons. The van der Waals surface area contributed by atoms with Crippen LogP contribution in [0, 0.1) is 13.8 Å². The molecule has 1 aliphatic carbocycles. The molecule has 0 saturated carbocycles. The van der Waals surface area contributed by atoms with Gasteiger partial charge in [0.2, 0.25) is 0 Å². The molecule has 0 N–H and O–H groups in total. The number of fused-ring (bicyclic) bond motifs is 7. The summed E-state index contributed by atoms with van der Waals surface area (Å²) in [6, 6.07) is 19.9. The zero-order chi connectivity index (χ0) is 23.1. The second kappa shape index (κ2) is 6.81. The summed E-state index contributed by atoms with van der Waals surface area (Å²) in [6.07, 6.45) is 2.00. The van der Waals surface area contributed by atoms with Gasteiger partial charge in [-0.25, -0.2) is 0 Å². The molecule has 2 nitrogen and oxygen atoms in total. The lowest BCUT2D eigenvalue weighted by Gasteiger charge is -2.21. The van der Waals surface area contributed by atoms with Gasteiger partial charge >= 0.3 is 0 Å². The van der Waals surface area contributed by atoms with E-state index in [9.17, 15) is 0 Å². The molecule has 0 radical (unpaired) electrons. The molecule has 0 aliphatic heterocycles. The summed E-state index contributed by atoms with van der Waals surface area (Å²) < 4.78 is 6.62. The number of benzene rings is 3. The van der Waals surface area contributed by atoms with Crippen molar-refractivity contribution in [3.05, 3.63) is 88.6 Å². The summed E-state index contributed by atoms with van der Waals surface area (Å²) in [5.41, 5.74) is 13.1. The van der Waals surface area contributed by atoms with E-state index in [2.05, 4.69) is 96.1 Å². The number of rotatable bonds is 2. The van der Waals surface area contributed by atoms with Gasteiger partial charge in [-0.2, -0.15) is 0 Å². The predicted molar refractivity (Wildman–Crippen MR) is 138 cm³/mol. The number of hydrogen-bond donors (Lipinski definition) is 0. The number of pyridine rings is 1. The molecule has 5 aromatic rings. The molecule has 33 heavy (non-hydrogen) atoms. The number of furan rings is 1. The molecule has 6 rings (SSSR count). The van der Waals surface area contributed by atoms with Crippen molar-refractivity contribution in [2.45, 2.75) is 52.9 Å². The van der Waals surface area contributed by atoms with E-state index < -0.39 is 0 Å². The Morgan fingerprint density at radius 3 is 2.42 bits per heavy atom. The molecule has 3 aromatic carbocycles. The Labute approximate surface area is 195 Å². The van der Waals surface area contributed by atoms with Crippen LogP contribution in [0.25, 0.3) is 44.3 Å². The van der Waals surface area contributed by atoms with Crippen LogP contribution >= 0.6 is 0 Å². The molecule has 0 saturated heterocycles. The highest BCUT2D eigenvalue weighted by Gasteiger charge is 2.37. The van der Waals surface area contributed by atoms with Gasteiger partial charge in [-0.05, 0) is 70.8 Å². The Kier molecular flexibility index (Phi) is 4.17. The Morgan fingerprint density at radius 2 is 1.64 bits per heavy atom. The van der Waals surface area contributed by atoms with E-state index in [1.54, 1.807) is 0 Å². The van der Waals surface area contributed by atoms with Crippen molar-refractivity contribution in [2.24, 2.45) is 0 Å². The van der Waals surface area contributed by atoms with Gasteiger partial charge in [-0.15, -0.1) is 0 Å². The van der Waals surface area contributed by atoms with Crippen LogP contribution in [0.2, 0.25) is 0 Å². The second-order valence-electron chi connectivity index (χ2n) is 10.3. The Morgan fingerprint density at radius 1 is 0.848 bits per heavy atom. The van der Waals surface area contributed by atoms with E-state index >= 15 is 0 Å². The third-order valence-electron chi connectivity index (χ3n) is 7.58. The van der Waals surface area contributed by atoms with Crippen LogP contribution in [0.15, 0.2) is 65.2 Å². The average molecular weight is 432 g/mol. The molecule has 2 heteroatoms. The monoisotopic (exact) mass is 431 g/mol. The van der Waals surface area contributed by atoms with E-state index in [-0.39, 0.29) is 5.41 Å². The summed E-state index contributed by atoms with van der Waals surface area (Å²) >= 11 is 0. The fraction of sp³-hybridized carbons (Fsp3) is 0.258. The van der Waals surface area contributed by atoms with Crippen LogP contribution in [0.5, 0.6) is 0 Å². The maximum atomic E-state index is 6.62. The fourth-order valence-corrected chi connectivity index (χ4v) is 5.84. The van der Waals surface area contributed by atoms with Crippen molar-refractivity contribution < 1.29 is 4.42 Å². The molecule has 0 spiro atoms. The molecule has 0 amide bonds. The zero-order valence-electron chi connectivity index (χ0n) is 20.2. The Bertz CT molecular complexity index is 1580. The van der Waals surface area contributed by atoms with Crippen LogP contribution in [0.1, 0.15) is 61.4 Å². The highest BCUT2D eigenvalue weighted by atomic mass is 16.3. The van der Waals surface area contributed by atoms with Crippen molar-refractivity contribution in [3.63, 3.8) is 0 Å². The first kappa shape index (κ1) is 20.2. The van der Waals surface area contributed by atoms with E-state index in [0.29, 0.717) is 5.92 Å². The minimum absolute atomic E-state index is 0.0259. The minimum Gasteiger partial charge on any atom is -0.455 e. The van der Waals surface area contributed by atoms with Crippen LogP contribution in [-0.4, -0.2) is 4.98 Å². The first-order chi connectivity index (χ1) is 15.8. The van der Waals surface area contributed by atoms with Crippen molar-refractivity contribution in [1.82, 2.24) is 4.98 Å². The normalized spacial score (nSPS) is 14.3. The van der Waals surface area contributed by atoms with E-state index in [4.69, 9.17) is 9.40 Å². The summed E-state index contributed by atoms with van der Waals surface area (Å²) in [5.74, 6) is 0.448. The van der Waals surface area contributed by atoms with Gasteiger partial charge in [0.05, 0.1) is 5.69 Å². The van der Waals surface area contributed by atoms with E-state index in [0.717, 1.165) is 22.4 Å². The number of aromatic nitrogens is 1. The highest BCUT2D eigenvalue weighted by Crippen LogP contribution is 2.53. The van der Waals surface area contributed by atoms with Gasteiger partial charge in [0.15, 0.2) is 0 Å². The smallest absolute Gasteiger partial charge is 0.145 e. The Balaban J connectivity index is 1.71. The summed E-state index contributed by atoms with van der Waals surface area (Å²) in [7, 11) is 0. The predicted octanol–water partition coefficient (Wildman–Crippen LogP) is 8.69. The molecular weight excluding hydrogens is 402 g/mol. The standard InChI is InChI=1S/C31H29NO/c1-17(2)22-15-25(32-16-19(22)4)27-18(3)11-12-21-29-26(33-30(21)27)14-13-24-28(29)20-9-7-8-10-23(20)31(24,5)6/h7-17H,1-6H3. The van der Waals surface area contributed by atoms with Gasteiger partial charge in [-0.3, -0.25) is 4.98 Å². The maximum absolute atomic E-state index is 6.62. The lowest BCUT2D eigenvalue weighted by atomic mass is 9.82. The number of aryl methyl sites for hydroxylation is 2. The first-order valence-corrected chi connectivity index (χ1v) is 11.8. The fourth-order valence-electron chi connectivity index (χ4n) is 5.84. The lowest BCUT2D eigenvalue weighted by Crippen LogP contribution is -2.14. The van der Waals surface area contributed by atoms with Crippen molar-refractivity contribution in [2.75, 3.05) is 0 Å². The topological polar surface area (TPSA) is 26.0 Å². The molecule has 0 unspecified atom stereocenters. The number of nitrogens with zero attached hydrogens (tertiary/aromatic N) is 1. The second-order valence-corrected chi connectivity index (χ2v) is 10.3. The van der Waals surface area contributed by atoms with Crippen molar-refractivity contribution in [3.8, 4) is 22.4 Å². The summed E-state index contributed by atoms with van der Waals surface area (Å²) in [6.45, 7) is 13.4. The van der Waals surface area contributed by atoms with Gasteiger partial charge in [0, 0.05) is 27.9 Å². The van der Waals surface area contributed by atoms with Crippen LogP contribution in [-0.2, 0) is 5.41 Å². The molecule has 2 heterocycles. The maximum Gasteiger partial charge on any atom is 0.145 e. The van der Waals surface area contributed by atoms with Crippen molar-refractivity contribution in [1.29, 1.82) is 0 Å². The lowest BCUT2D eigenvalue weighted by molar-refractivity contribution is 0.657. The van der Waals surface area contributed by atoms with Crippen LogP contribution < -0.4 is 0 Å². The highest BCUT2D eigenvalue weighted by molar-refractivity contribution is 6.17. The first-order valence-electron chi connectivity index (χ1n) is 11.8. The third-order valence-corrected chi connectivity index (χ3v) is 7.58. The Hall–Kier alpha value is -3.39. The molecular formula is C31H29NO. The third kappa shape index (κ3) is 2.70. The summed E-state index contributed by atoms with van der Waals surface area (Å²) in [4.78, 5) is 4.84. The van der Waals surface area contributed by atoms with Crippen LogP contribution in [0.4, 0.5) is 0 Å². The average Bonchev–Trinajstić information content (AvgIpc) is 3.27. The SMILES string of the molecule is Cc1cnc(-c2c(C)ccc3c2oc2ccc4c(c23)-c2ccccc2C4(C)C)cc1C(C)C. The van der Waals surface area contributed by atoms with Gasteiger partial charge in [-0.1, -0.05) is 70.2 Å². The molecule has 0 fully saturated rings. The molecule has 1 aliphatic rings.